The van der Waals surface area contributed by atoms with Gasteiger partial charge in [0.2, 0.25) is 0 Å². The Labute approximate surface area is 190 Å². The lowest BCUT2D eigenvalue weighted by Crippen LogP contribution is -2.19. The van der Waals surface area contributed by atoms with E-state index in [1.165, 1.54) is 16.7 Å². The second-order valence-corrected chi connectivity index (χ2v) is 11.8. The molecule has 0 saturated heterocycles. The molecule has 0 amide bonds. The van der Waals surface area contributed by atoms with Gasteiger partial charge in [-0.15, -0.1) is 0 Å². The molecule has 0 N–H and O–H groups in total. The first-order valence-electron chi connectivity index (χ1n) is 11.0. The van der Waals surface area contributed by atoms with Gasteiger partial charge in [0.25, 0.3) is 0 Å². The van der Waals surface area contributed by atoms with Gasteiger partial charge in [-0.05, 0) is 77.1 Å². The van der Waals surface area contributed by atoms with Crippen molar-refractivity contribution in [3.05, 3.63) is 87.5 Å². The summed E-state index contributed by atoms with van der Waals surface area (Å²) >= 11 is 0. The average molecular weight is 434 g/mol. The van der Waals surface area contributed by atoms with Gasteiger partial charge in [-0.25, -0.2) is 4.21 Å². The number of benzene rings is 2. The van der Waals surface area contributed by atoms with Crippen molar-refractivity contribution in [2.75, 3.05) is 0 Å². The molecular formula is C28H35NOS. The Morgan fingerprint density at radius 2 is 1.65 bits per heavy atom. The molecule has 164 valence electrons. The zero-order valence-electron chi connectivity index (χ0n) is 20.0. The highest BCUT2D eigenvalue weighted by molar-refractivity contribution is 7.89. The predicted octanol–water partition coefficient (Wildman–Crippen LogP) is 7.38. The van der Waals surface area contributed by atoms with Gasteiger partial charge < -0.3 is 0 Å². The fourth-order valence-electron chi connectivity index (χ4n) is 3.84. The topological polar surface area (TPSA) is 29.4 Å². The molecule has 3 heteroatoms. The Morgan fingerprint density at radius 3 is 2.26 bits per heavy atom. The summed E-state index contributed by atoms with van der Waals surface area (Å²) in [5, 5.41) is 0. The minimum absolute atomic E-state index is 0.0535. The Balaban J connectivity index is 2.08. The van der Waals surface area contributed by atoms with Crippen LogP contribution in [0.4, 0.5) is 0 Å². The first kappa shape index (κ1) is 23.4. The van der Waals surface area contributed by atoms with Crippen LogP contribution in [0.5, 0.6) is 0 Å². The first-order chi connectivity index (χ1) is 14.5. The van der Waals surface area contributed by atoms with Gasteiger partial charge in [0.1, 0.15) is 0 Å². The highest BCUT2D eigenvalue weighted by Crippen LogP contribution is 2.33. The van der Waals surface area contributed by atoms with E-state index >= 15 is 0 Å². The SMILES string of the molecule is Cc1c(C=NC2=C(S(=O)c3ccccc3)CCC=C2)cc(C(C)(C)C)cc1C(C)(C)C. The lowest BCUT2D eigenvalue weighted by atomic mass is 9.77. The molecule has 0 aromatic heterocycles. The molecule has 1 atom stereocenters. The smallest absolute Gasteiger partial charge is 0.0830 e. The molecule has 1 aliphatic rings. The van der Waals surface area contributed by atoms with Crippen molar-refractivity contribution in [1.82, 2.24) is 0 Å². The molecule has 0 radical (unpaired) electrons. The zero-order valence-corrected chi connectivity index (χ0v) is 20.8. The minimum Gasteiger partial charge on any atom is -0.255 e. The van der Waals surface area contributed by atoms with Crippen LogP contribution in [-0.4, -0.2) is 10.4 Å². The Kier molecular flexibility index (Phi) is 6.85. The van der Waals surface area contributed by atoms with E-state index in [1.807, 2.05) is 42.6 Å². The van der Waals surface area contributed by atoms with Crippen molar-refractivity contribution < 1.29 is 4.21 Å². The summed E-state index contributed by atoms with van der Waals surface area (Å²) in [5.74, 6) is 0. The van der Waals surface area contributed by atoms with Gasteiger partial charge in [-0.1, -0.05) is 71.9 Å². The molecule has 1 unspecified atom stereocenters. The monoisotopic (exact) mass is 433 g/mol. The fraction of sp³-hybridized carbons (Fsp3) is 0.393. The molecule has 2 aromatic rings. The normalized spacial score (nSPS) is 16.2. The lowest BCUT2D eigenvalue weighted by Gasteiger charge is -2.28. The van der Waals surface area contributed by atoms with Crippen LogP contribution >= 0.6 is 0 Å². The Morgan fingerprint density at radius 1 is 0.968 bits per heavy atom. The molecule has 2 aromatic carbocycles. The van der Waals surface area contributed by atoms with Crippen molar-refractivity contribution in [2.45, 2.75) is 77.0 Å². The van der Waals surface area contributed by atoms with Gasteiger partial charge >= 0.3 is 0 Å². The summed E-state index contributed by atoms with van der Waals surface area (Å²) in [7, 11) is -1.19. The molecule has 2 nitrogen and oxygen atoms in total. The molecular weight excluding hydrogens is 398 g/mol. The van der Waals surface area contributed by atoms with Gasteiger partial charge in [0.15, 0.2) is 0 Å². The fourth-order valence-corrected chi connectivity index (χ4v) is 5.14. The number of rotatable bonds is 4. The third-order valence-electron chi connectivity index (χ3n) is 5.75. The van der Waals surface area contributed by atoms with E-state index in [-0.39, 0.29) is 10.8 Å². The molecule has 0 aliphatic heterocycles. The number of allylic oxidation sites excluding steroid dienone is 3. The van der Waals surface area contributed by atoms with E-state index in [0.29, 0.717) is 0 Å². The van der Waals surface area contributed by atoms with Crippen molar-refractivity contribution >= 4 is 17.0 Å². The van der Waals surface area contributed by atoms with E-state index in [0.717, 1.165) is 33.9 Å². The van der Waals surface area contributed by atoms with Crippen LogP contribution in [-0.2, 0) is 21.6 Å². The number of nitrogens with zero attached hydrogens (tertiary/aromatic N) is 1. The van der Waals surface area contributed by atoms with Crippen LogP contribution in [0.15, 0.2) is 75.1 Å². The summed E-state index contributed by atoms with van der Waals surface area (Å²) in [6.45, 7) is 15.7. The van der Waals surface area contributed by atoms with Crippen molar-refractivity contribution in [1.29, 1.82) is 0 Å². The van der Waals surface area contributed by atoms with Crippen LogP contribution < -0.4 is 0 Å². The van der Waals surface area contributed by atoms with Gasteiger partial charge in [0, 0.05) is 16.0 Å². The number of hydrogen-bond donors (Lipinski definition) is 0. The van der Waals surface area contributed by atoms with E-state index in [9.17, 15) is 4.21 Å². The molecule has 31 heavy (non-hydrogen) atoms. The van der Waals surface area contributed by atoms with E-state index in [4.69, 9.17) is 4.99 Å². The van der Waals surface area contributed by atoms with Crippen molar-refractivity contribution in [3.63, 3.8) is 0 Å². The maximum atomic E-state index is 13.2. The van der Waals surface area contributed by atoms with Crippen LogP contribution in [0.2, 0.25) is 0 Å². The van der Waals surface area contributed by atoms with Crippen LogP contribution in [0.25, 0.3) is 0 Å². The summed E-state index contributed by atoms with van der Waals surface area (Å²) in [5.41, 5.74) is 5.99. The predicted molar refractivity (Wildman–Crippen MR) is 134 cm³/mol. The van der Waals surface area contributed by atoms with E-state index in [1.54, 1.807) is 0 Å². The largest absolute Gasteiger partial charge is 0.255 e. The van der Waals surface area contributed by atoms with Crippen molar-refractivity contribution in [2.24, 2.45) is 4.99 Å². The first-order valence-corrected chi connectivity index (χ1v) is 12.2. The second kappa shape index (κ2) is 9.08. The minimum atomic E-state index is -1.19. The summed E-state index contributed by atoms with van der Waals surface area (Å²) < 4.78 is 13.2. The van der Waals surface area contributed by atoms with Crippen LogP contribution in [0, 0.1) is 6.92 Å². The molecule has 3 rings (SSSR count). The van der Waals surface area contributed by atoms with Gasteiger partial charge in [0.05, 0.1) is 16.5 Å². The zero-order chi connectivity index (χ0) is 22.8. The molecule has 1 aliphatic carbocycles. The van der Waals surface area contributed by atoms with Gasteiger partial charge in [-0.2, -0.15) is 0 Å². The quantitative estimate of drug-likeness (QED) is 0.463. The second-order valence-electron chi connectivity index (χ2n) is 10.3. The maximum Gasteiger partial charge on any atom is 0.0830 e. The van der Waals surface area contributed by atoms with Crippen molar-refractivity contribution in [3.8, 4) is 0 Å². The summed E-state index contributed by atoms with van der Waals surface area (Å²) in [6.07, 6.45) is 7.78. The molecule has 0 fully saturated rings. The summed E-state index contributed by atoms with van der Waals surface area (Å²) in [4.78, 5) is 6.61. The lowest BCUT2D eigenvalue weighted by molar-refractivity contribution is 0.565. The van der Waals surface area contributed by atoms with E-state index in [2.05, 4.69) is 66.7 Å². The van der Waals surface area contributed by atoms with Crippen LogP contribution in [0.3, 0.4) is 0 Å². The Hall–Kier alpha value is -2.26. The Bertz CT molecular complexity index is 1060. The molecule has 0 saturated carbocycles. The number of aliphatic imine (C=N–C) groups is 1. The maximum absolute atomic E-state index is 13.2. The molecule has 0 spiro atoms. The highest BCUT2D eigenvalue weighted by atomic mass is 32.2. The summed E-state index contributed by atoms with van der Waals surface area (Å²) in [6, 6.07) is 14.3. The highest BCUT2D eigenvalue weighted by Gasteiger charge is 2.23. The molecule has 0 heterocycles. The van der Waals surface area contributed by atoms with E-state index < -0.39 is 10.8 Å². The van der Waals surface area contributed by atoms with Crippen LogP contribution in [0.1, 0.15) is 76.6 Å². The molecule has 0 bridgehead atoms. The average Bonchev–Trinajstić information content (AvgIpc) is 2.71. The standard InChI is InChI=1S/C28H35NOS/c1-20-21(17-22(27(2,3)4)18-24(20)28(5,6)7)19-29-25-15-11-12-16-26(25)31(30)23-13-9-8-10-14-23/h8-11,13-15,17-19H,12,16H2,1-7H3. The number of hydrogen-bond acceptors (Lipinski definition) is 2. The van der Waals surface area contributed by atoms with Gasteiger partial charge in [-0.3, -0.25) is 4.99 Å². The third kappa shape index (κ3) is 5.51. The third-order valence-corrected chi connectivity index (χ3v) is 7.31.